The summed E-state index contributed by atoms with van der Waals surface area (Å²) < 4.78 is 0. The van der Waals surface area contributed by atoms with Gasteiger partial charge in [-0.15, -0.1) is 0 Å². The Morgan fingerprint density at radius 2 is 2.29 bits per heavy atom. The van der Waals surface area contributed by atoms with Gasteiger partial charge in [0, 0.05) is 13.1 Å². The molecule has 7 heteroatoms. The van der Waals surface area contributed by atoms with E-state index < -0.39 is 0 Å². The van der Waals surface area contributed by atoms with Gasteiger partial charge in [0.25, 0.3) is 5.91 Å². The summed E-state index contributed by atoms with van der Waals surface area (Å²) in [5.41, 5.74) is -0.0524. The van der Waals surface area contributed by atoms with Crippen LogP contribution in [0.4, 0.5) is 0 Å². The van der Waals surface area contributed by atoms with E-state index in [9.17, 15) is 9.59 Å². The van der Waals surface area contributed by atoms with E-state index >= 15 is 0 Å². The number of hydrogen-bond donors (Lipinski definition) is 2. The van der Waals surface area contributed by atoms with Crippen LogP contribution in [0.1, 0.15) is 16.3 Å². The van der Waals surface area contributed by atoms with Gasteiger partial charge in [0.2, 0.25) is 5.56 Å². The van der Waals surface area contributed by atoms with E-state index in [1.807, 2.05) is 0 Å². The van der Waals surface area contributed by atoms with Gasteiger partial charge in [-0.05, 0) is 6.07 Å². The molecule has 0 aliphatic carbocycles. The fraction of sp³-hybridized carbons (Fsp3) is 0.200. The maximum atomic E-state index is 11.9. The van der Waals surface area contributed by atoms with Crippen molar-refractivity contribution in [2.75, 3.05) is 7.05 Å². The Morgan fingerprint density at radius 1 is 1.47 bits per heavy atom. The normalized spacial score (nSPS) is 10.2. The molecular weight excluding hydrogens is 222 g/mol. The molecule has 2 aromatic heterocycles. The predicted molar refractivity (Wildman–Crippen MR) is 59.2 cm³/mol. The zero-order chi connectivity index (χ0) is 12.3. The van der Waals surface area contributed by atoms with Crippen LogP contribution >= 0.6 is 0 Å². The molecule has 2 heterocycles. The first-order valence-corrected chi connectivity index (χ1v) is 4.96. The molecule has 0 unspecified atom stereocenters. The quantitative estimate of drug-likeness (QED) is 0.765. The molecule has 7 nitrogen and oxygen atoms in total. The predicted octanol–water partition coefficient (Wildman–Crippen LogP) is -0.235. The van der Waals surface area contributed by atoms with Crippen LogP contribution in [0.15, 0.2) is 29.3 Å². The number of aromatic nitrogens is 4. The summed E-state index contributed by atoms with van der Waals surface area (Å²) in [4.78, 5) is 30.8. The molecule has 0 fully saturated rings. The number of hydrogen-bond acceptors (Lipinski definition) is 4. The maximum absolute atomic E-state index is 11.9. The molecule has 0 radical (unpaired) electrons. The lowest BCUT2D eigenvalue weighted by Crippen LogP contribution is -2.28. The Labute approximate surface area is 96.5 Å². The van der Waals surface area contributed by atoms with Crippen LogP contribution in [0.5, 0.6) is 0 Å². The van der Waals surface area contributed by atoms with Gasteiger partial charge < -0.3 is 9.88 Å². The highest BCUT2D eigenvalue weighted by atomic mass is 16.2. The van der Waals surface area contributed by atoms with Crippen molar-refractivity contribution in [3.63, 3.8) is 0 Å². The van der Waals surface area contributed by atoms with Gasteiger partial charge in [-0.1, -0.05) is 6.07 Å². The van der Waals surface area contributed by atoms with E-state index in [4.69, 9.17) is 0 Å². The van der Waals surface area contributed by atoms with E-state index in [1.165, 1.54) is 23.4 Å². The molecule has 0 aliphatic rings. The Morgan fingerprint density at radius 3 is 2.94 bits per heavy atom. The number of aromatic amines is 2. The Hall–Kier alpha value is -2.44. The van der Waals surface area contributed by atoms with Crippen LogP contribution in [0, 0.1) is 0 Å². The van der Waals surface area contributed by atoms with Crippen LogP contribution in [0.25, 0.3) is 0 Å². The minimum absolute atomic E-state index is 0.250. The molecule has 2 rings (SSSR count). The van der Waals surface area contributed by atoms with Crippen LogP contribution in [-0.2, 0) is 6.54 Å². The number of carbonyl (C=O) groups excluding carboxylic acids is 1. The fourth-order valence-electron chi connectivity index (χ4n) is 1.38. The van der Waals surface area contributed by atoms with Crippen LogP contribution in [0.3, 0.4) is 0 Å². The molecule has 0 aliphatic heterocycles. The minimum Gasteiger partial charge on any atom is -0.333 e. The fourth-order valence-corrected chi connectivity index (χ4v) is 1.38. The van der Waals surface area contributed by atoms with Gasteiger partial charge in [-0.2, -0.15) is 5.10 Å². The van der Waals surface area contributed by atoms with E-state index in [-0.39, 0.29) is 17.2 Å². The smallest absolute Gasteiger partial charge is 0.270 e. The first kappa shape index (κ1) is 11.1. The molecule has 0 saturated carbocycles. The summed E-state index contributed by atoms with van der Waals surface area (Å²) in [6.45, 7) is 0.301. The second-order valence-corrected chi connectivity index (χ2v) is 3.52. The first-order valence-electron chi connectivity index (χ1n) is 4.96. The summed E-state index contributed by atoms with van der Waals surface area (Å²) in [5, 5.41) is 6.35. The lowest BCUT2D eigenvalue weighted by Gasteiger charge is -2.14. The third kappa shape index (κ3) is 2.57. The Balaban J connectivity index is 2.12. The van der Waals surface area contributed by atoms with Crippen LogP contribution < -0.4 is 5.56 Å². The summed E-state index contributed by atoms with van der Waals surface area (Å²) in [5.74, 6) is 0.304. The number of pyridine rings is 1. The maximum Gasteiger partial charge on any atom is 0.270 e. The summed E-state index contributed by atoms with van der Waals surface area (Å²) in [7, 11) is 1.62. The molecule has 88 valence electrons. The van der Waals surface area contributed by atoms with E-state index in [2.05, 4.69) is 20.2 Å². The zero-order valence-electron chi connectivity index (χ0n) is 9.17. The van der Waals surface area contributed by atoms with Crippen molar-refractivity contribution >= 4 is 5.91 Å². The average molecular weight is 233 g/mol. The van der Waals surface area contributed by atoms with Crippen LogP contribution in [0.2, 0.25) is 0 Å². The highest BCUT2D eigenvalue weighted by Gasteiger charge is 2.13. The molecule has 17 heavy (non-hydrogen) atoms. The molecule has 0 saturated heterocycles. The highest BCUT2D eigenvalue weighted by Crippen LogP contribution is 2.01. The number of nitrogens with one attached hydrogen (secondary N) is 2. The van der Waals surface area contributed by atoms with E-state index in [1.54, 1.807) is 13.1 Å². The number of amides is 1. The molecule has 1 amide bonds. The molecule has 2 aromatic rings. The average Bonchev–Trinajstić information content (AvgIpc) is 2.80. The number of rotatable bonds is 3. The van der Waals surface area contributed by atoms with Crippen molar-refractivity contribution in [1.29, 1.82) is 0 Å². The van der Waals surface area contributed by atoms with E-state index in [0.717, 1.165) is 0 Å². The second kappa shape index (κ2) is 4.60. The molecular formula is C10H11N5O2. The Kier molecular flexibility index (Phi) is 2.99. The summed E-state index contributed by atoms with van der Waals surface area (Å²) in [6, 6.07) is 4.45. The van der Waals surface area contributed by atoms with Gasteiger partial charge in [0.15, 0.2) is 0 Å². The van der Waals surface area contributed by atoms with Crippen molar-refractivity contribution in [3.8, 4) is 0 Å². The van der Waals surface area contributed by atoms with Crippen LogP contribution in [-0.4, -0.2) is 38.0 Å². The van der Waals surface area contributed by atoms with Gasteiger partial charge in [-0.25, -0.2) is 4.98 Å². The van der Waals surface area contributed by atoms with Gasteiger partial charge in [-0.3, -0.25) is 14.7 Å². The van der Waals surface area contributed by atoms with Crippen molar-refractivity contribution in [2.24, 2.45) is 0 Å². The van der Waals surface area contributed by atoms with Gasteiger partial charge >= 0.3 is 0 Å². The molecule has 0 bridgehead atoms. The van der Waals surface area contributed by atoms with Crippen molar-refractivity contribution in [3.05, 3.63) is 46.4 Å². The van der Waals surface area contributed by atoms with Gasteiger partial charge in [0.1, 0.15) is 17.8 Å². The third-order valence-electron chi connectivity index (χ3n) is 2.20. The standard InChI is InChI=1S/C10H11N5O2/c1-15(5-8-11-6-12-14-8)10(17)7-3-2-4-9(16)13-7/h2-4,6H,5H2,1H3,(H,13,16)(H,11,12,14). The largest absolute Gasteiger partial charge is 0.333 e. The second-order valence-electron chi connectivity index (χ2n) is 3.52. The van der Waals surface area contributed by atoms with Crippen molar-refractivity contribution in [1.82, 2.24) is 25.1 Å². The number of nitrogens with zero attached hydrogens (tertiary/aromatic N) is 3. The molecule has 0 atom stereocenters. The SMILES string of the molecule is CN(Cc1ncn[nH]1)C(=O)c1cccc(=O)[nH]1. The molecule has 0 spiro atoms. The Bertz CT molecular complexity index is 560. The lowest BCUT2D eigenvalue weighted by atomic mass is 10.3. The first-order chi connectivity index (χ1) is 8.16. The highest BCUT2D eigenvalue weighted by molar-refractivity contribution is 5.91. The topological polar surface area (TPSA) is 94.7 Å². The molecule has 2 N–H and O–H groups in total. The van der Waals surface area contributed by atoms with Crippen molar-refractivity contribution in [2.45, 2.75) is 6.54 Å². The molecule has 0 aromatic carbocycles. The summed E-state index contributed by atoms with van der Waals surface area (Å²) >= 11 is 0. The zero-order valence-corrected chi connectivity index (χ0v) is 9.17. The van der Waals surface area contributed by atoms with Crippen molar-refractivity contribution < 1.29 is 4.79 Å². The monoisotopic (exact) mass is 233 g/mol. The van der Waals surface area contributed by atoms with E-state index in [0.29, 0.717) is 12.4 Å². The van der Waals surface area contributed by atoms with Gasteiger partial charge in [0.05, 0.1) is 6.54 Å². The minimum atomic E-state index is -0.302. The lowest BCUT2D eigenvalue weighted by molar-refractivity contribution is 0.0775. The number of carbonyl (C=O) groups is 1. The summed E-state index contributed by atoms with van der Waals surface area (Å²) in [6.07, 6.45) is 1.37. The number of H-pyrrole nitrogens is 2. The third-order valence-corrected chi connectivity index (χ3v) is 2.20.